The molecule has 3 aromatic carbocycles. The van der Waals surface area contributed by atoms with Gasteiger partial charge in [-0.15, -0.1) is 0 Å². The fourth-order valence-corrected chi connectivity index (χ4v) is 5.48. The summed E-state index contributed by atoms with van der Waals surface area (Å²) in [6.45, 7) is 5.19. The van der Waals surface area contributed by atoms with Crippen LogP contribution in [0.1, 0.15) is 26.3 Å². The fraction of sp³-hybridized carbons (Fsp3) is 0.286. The Kier molecular flexibility index (Phi) is 10.4. The molecular weight excluding hydrogens is 564 g/mol. The van der Waals surface area contributed by atoms with Crippen LogP contribution in [0, 0.1) is 11.7 Å². The van der Waals surface area contributed by atoms with E-state index in [-0.39, 0.29) is 28.1 Å². The maximum Gasteiger partial charge on any atom is 0.264 e. The number of halogens is 3. The molecule has 39 heavy (non-hydrogen) atoms. The van der Waals surface area contributed by atoms with Crippen LogP contribution in [0.3, 0.4) is 0 Å². The van der Waals surface area contributed by atoms with Crippen LogP contribution in [0.15, 0.2) is 77.7 Å². The molecule has 0 saturated heterocycles. The minimum absolute atomic E-state index is 0.0331. The Hall–Kier alpha value is -3.14. The van der Waals surface area contributed by atoms with E-state index in [0.29, 0.717) is 17.1 Å². The maximum absolute atomic E-state index is 13.8. The topological polar surface area (TPSA) is 86.8 Å². The molecule has 0 radical (unpaired) electrons. The number of rotatable bonds is 11. The second-order valence-corrected chi connectivity index (χ2v) is 12.1. The van der Waals surface area contributed by atoms with Gasteiger partial charge in [0.1, 0.15) is 18.4 Å². The number of hydrogen-bond donors (Lipinski definition) is 1. The molecule has 3 rings (SSSR count). The van der Waals surface area contributed by atoms with E-state index < -0.39 is 40.2 Å². The number of benzene rings is 3. The van der Waals surface area contributed by atoms with Gasteiger partial charge in [0.2, 0.25) is 11.8 Å². The third kappa shape index (κ3) is 7.94. The molecule has 2 amide bonds. The summed E-state index contributed by atoms with van der Waals surface area (Å²) in [6.07, 6.45) is 0. The molecule has 0 bridgehead atoms. The van der Waals surface area contributed by atoms with Crippen LogP contribution in [-0.4, -0.2) is 44.3 Å². The third-order valence-electron chi connectivity index (χ3n) is 5.91. The van der Waals surface area contributed by atoms with Crippen molar-refractivity contribution in [3.05, 3.63) is 94.2 Å². The quantitative estimate of drug-likeness (QED) is 0.317. The van der Waals surface area contributed by atoms with Crippen LogP contribution in [0.5, 0.6) is 0 Å². The Morgan fingerprint density at radius 3 is 2.15 bits per heavy atom. The SMILES string of the molecule is CC(C)CNC(=O)[C@@H](C)N(Cc1ccc(Cl)c(Cl)c1)C(=O)CN(c1ccc(F)cc1)S(=O)(=O)c1ccccc1. The van der Waals surface area contributed by atoms with Crippen LogP contribution in [0.4, 0.5) is 10.1 Å². The molecule has 0 fully saturated rings. The Morgan fingerprint density at radius 1 is 0.923 bits per heavy atom. The van der Waals surface area contributed by atoms with Crippen molar-refractivity contribution < 1.29 is 22.4 Å². The molecule has 0 saturated carbocycles. The number of hydrogen-bond acceptors (Lipinski definition) is 4. The summed E-state index contributed by atoms with van der Waals surface area (Å²) in [5.41, 5.74) is 0.695. The molecule has 0 spiro atoms. The van der Waals surface area contributed by atoms with Crippen molar-refractivity contribution in [2.75, 3.05) is 17.4 Å². The van der Waals surface area contributed by atoms with Crippen LogP contribution < -0.4 is 9.62 Å². The molecule has 1 atom stereocenters. The smallest absolute Gasteiger partial charge is 0.264 e. The van der Waals surface area contributed by atoms with E-state index in [1.165, 1.54) is 29.2 Å². The van der Waals surface area contributed by atoms with Gasteiger partial charge in [0, 0.05) is 13.1 Å². The van der Waals surface area contributed by atoms with Gasteiger partial charge in [0.25, 0.3) is 10.0 Å². The fourth-order valence-electron chi connectivity index (χ4n) is 3.73. The van der Waals surface area contributed by atoms with Gasteiger partial charge in [-0.3, -0.25) is 13.9 Å². The van der Waals surface area contributed by atoms with Crippen LogP contribution in [-0.2, 0) is 26.2 Å². The monoisotopic (exact) mass is 593 g/mol. The van der Waals surface area contributed by atoms with Crippen LogP contribution in [0.25, 0.3) is 0 Å². The number of nitrogens with zero attached hydrogens (tertiary/aromatic N) is 2. The summed E-state index contributed by atoms with van der Waals surface area (Å²) in [7, 11) is -4.22. The van der Waals surface area contributed by atoms with Gasteiger partial charge in [0.15, 0.2) is 0 Å². The molecule has 1 N–H and O–H groups in total. The van der Waals surface area contributed by atoms with E-state index in [0.717, 1.165) is 16.4 Å². The largest absolute Gasteiger partial charge is 0.354 e. The summed E-state index contributed by atoms with van der Waals surface area (Å²) < 4.78 is 41.9. The number of nitrogens with one attached hydrogen (secondary N) is 1. The van der Waals surface area contributed by atoms with Gasteiger partial charge in [-0.1, -0.05) is 61.3 Å². The van der Waals surface area contributed by atoms with Gasteiger partial charge in [0.05, 0.1) is 20.6 Å². The van der Waals surface area contributed by atoms with E-state index >= 15 is 0 Å². The Bertz CT molecular complexity index is 1400. The minimum atomic E-state index is -4.22. The number of amides is 2. The standard InChI is InChI=1S/C28H30Cl2FN3O4S/c1-19(2)16-32-28(36)20(3)33(17-21-9-14-25(29)26(30)15-21)27(35)18-34(23-12-10-22(31)11-13-23)39(37,38)24-7-5-4-6-8-24/h4-15,19-20H,16-18H2,1-3H3,(H,32,36)/t20-/m1/s1. The predicted octanol–water partition coefficient (Wildman–Crippen LogP) is 5.52. The van der Waals surface area contributed by atoms with Gasteiger partial charge in [-0.05, 0) is 66.9 Å². The first-order chi connectivity index (χ1) is 18.4. The molecule has 0 heterocycles. The second-order valence-electron chi connectivity index (χ2n) is 9.39. The first kappa shape index (κ1) is 30.4. The highest BCUT2D eigenvalue weighted by Crippen LogP contribution is 2.26. The van der Waals surface area contributed by atoms with Gasteiger partial charge in [-0.2, -0.15) is 0 Å². The van der Waals surface area contributed by atoms with Gasteiger partial charge < -0.3 is 10.2 Å². The highest BCUT2D eigenvalue weighted by Gasteiger charge is 2.32. The van der Waals surface area contributed by atoms with Crippen molar-refractivity contribution in [2.24, 2.45) is 5.92 Å². The maximum atomic E-state index is 13.8. The molecule has 0 aliphatic rings. The third-order valence-corrected chi connectivity index (χ3v) is 8.44. The summed E-state index contributed by atoms with van der Waals surface area (Å²) >= 11 is 12.2. The Labute approximate surface area is 238 Å². The average molecular weight is 595 g/mol. The Balaban J connectivity index is 2.01. The van der Waals surface area contributed by atoms with E-state index in [1.54, 1.807) is 43.3 Å². The van der Waals surface area contributed by atoms with Crippen LogP contribution in [0.2, 0.25) is 10.0 Å². The van der Waals surface area contributed by atoms with Crippen molar-refractivity contribution in [1.82, 2.24) is 10.2 Å². The number of anilines is 1. The highest BCUT2D eigenvalue weighted by molar-refractivity contribution is 7.92. The molecule has 7 nitrogen and oxygen atoms in total. The number of sulfonamides is 1. The van der Waals surface area contributed by atoms with E-state index in [2.05, 4.69) is 5.32 Å². The lowest BCUT2D eigenvalue weighted by molar-refractivity contribution is -0.139. The number of carbonyl (C=O) groups is 2. The second kappa shape index (κ2) is 13.3. The van der Waals surface area contributed by atoms with Crippen LogP contribution >= 0.6 is 23.2 Å². The normalized spacial score (nSPS) is 12.2. The van der Waals surface area contributed by atoms with Crippen molar-refractivity contribution in [2.45, 2.75) is 38.3 Å². The summed E-state index contributed by atoms with van der Waals surface area (Å²) in [5.74, 6) is -1.40. The lowest BCUT2D eigenvalue weighted by atomic mass is 10.1. The molecular formula is C28H30Cl2FN3O4S. The van der Waals surface area contributed by atoms with Gasteiger partial charge >= 0.3 is 0 Å². The van der Waals surface area contributed by atoms with Crippen molar-refractivity contribution in [3.8, 4) is 0 Å². The first-order valence-electron chi connectivity index (χ1n) is 12.2. The van der Waals surface area contributed by atoms with Crippen molar-refractivity contribution in [1.29, 1.82) is 0 Å². The molecule has 0 aromatic heterocycles. The zero-order valence-electron chi connectivity index (χ0n) is 21.8. The van der Waals surface area contributed by atoms with Crippen molar-refractivity contribution >= 4 is 50.7 Å². The van der Waals surface area contributed by atoms with E-state index in [1.807, 2.05) is 13.8 Å². The van der Waals surface area contributed by atoms with E-state index in [4.69, 9.17) is 23.2 Å². The minimum Gasteiger partial charge on any atom is -0.354 e. The summed E-state index contributed by atoms with van der Waals surface area (Å²) in [6, 6.07) is 16.3. The highest BCUT2D eigenvalue weighted by atomic mass is 35.5. The lowest BCUT2D eigenvalue weighted by Gasteiger charge is -2.32. The summed E-state index contributed by atoms with van der Waals surface area (Å²) in [5, 5.41) is 3.42. The van der Waals surface area contributed by atoms with Gasteiger partial charge in [-0.25, -0.2) is 12.8 Å². The number of carbonyl (C=O) groups excluding carboxylic acids is 2. The average Bonchev–Trinajstić information content (AvgIpc) is 2.91. The predicted molar refractivity (Wildman–Crippen MR) is 152 cm³/mol. The molecule has 3 aromatic rings. The Morgan fingerprint density at radius 2 is 1.56 bits per heavy atom. The van der Waals surface area contributed by atoms with E-state index in [9.17, 15) is 22.4 Å². The van der Waals surface area contributed by atoms with Crippen molar-refractivity contribution in [3.63, 3.8) is 0 Å². The zero-order chi connectivity index (χ0) is 28.7. The molecule has 0 aliphatic heterocycles. The molecule has 0 unspecified atom stereocenters. The summed E-state index contributed by atoms with van der Waals surface area (Å²) in [4.78, 5) is 28.1. The molecule has 11 heteroatoms. The molecule has 0 aliphatic carbocycles. The lowest BCUT2D eigenvalue weighted by Crippen LogP contribution is -2.51. The zero-order valence-corrected chi connectivity index (χ0v) is 24.1. The first-order valence-corrected chi connectivity index (χ1v) is 14.4. The molecule has 208 valence electrons.